The fourth-order valence-corrected chi connectivity index (χ4v) is 5.90. The minimum atomic E-state index is 0.444. The van der Waals surface area contributed by atoms with Crippen molar-refractivity contribution >= 4 is 5.71 Å². The Morgan fingerprint density at radius 1 is 0.962 bits per heavy atom. The van der Waals surface area contributed by atoms with Crippen molar-refractivity contribution in [1.82, 2.24) is 0 Å². The Bertz CT molecular complexity index is 851. The van der Waals surface area contributed by atoms with Crippen molar-refractivity contribution in [1.29, 1.82) is 0 Å². The van der Waals surface area contributed by atoms with Crippen molar-refractivity contribution < 1.29 is 0 Å². The number of aliphatic imine (C=N–C) groups is 1. The van der Waals surface area contributed by atoms with Gasteiger partial charge < -0.3 is 0 Å². The normalized spacial score (nSPS) is 32.6. The topological polar surface area (TPSA) is 12.4 Å². The number of rotatable bonds is 0. The zero-order chi connectivity index (χ0) is 17.7. The van der Waals surface area contributed by atoms with Gasteiger partial charge in [0.15, 0.2) is 0 Å². The molecule has 134 valence electrons. The van der Waals surface area contributed by atoms with Gasteiger partial charge >= 0.3 is 0 Å². The van der Waals surface area contributed by atoms with Crippen LogP contribution in [-0.2, 0) is 6.42 Å². The Labute approximate surface area is 157 Å². The Balaban J connectivity index is 1.68. The zero-order valence-electron chi connectivity index (χ0n) is 16.0. The van der Waals surface area contributed by atoms with Crippen LogP contribution in [0.25, 0.3) is 0 Å². The number of allylic oxidation sites excluding steroid dienone is 5. The highest BCUT2D eigenvalue weighted by Crippen LogP contribution is 2.44. The molecule has 2 bridgehead atoms. The summed E-state index contributed by atoms with van der Waals surface area (Å²) in [4.78, 5) is 4.92. The number of hydrogen-bond acceptors (Lipinski definition) is 1. The van der Waals surface area contributed by atoms with Gasteiger partial charge in [0.25, 0.3) is 0 Å². The largest absolute Gasteiger partial charge is 0.260 e. The molecule has 0 aromatic heterocycles. The first-order chi connectivity index (χ1) is 12.7. The van der Waals surface area contributed by atoms with E-state index in [-0.39, 0.29) is 0 Å². The maximum atomic E-state index is 4.92. The van der Waals surface area contributed by atoms with E-state index < -0.39 is 0 Å². The van der Waals surface area contributed by atoms with E-state index >= 15 is 0 Å². The SMILES string of the molecule is CC1=CC2C=CN=C3c4cc(C)cc(c4)CC4CCCCC4CC(=C1)C32. The molecule has 1 fully saturated rings. The van der Waals surface area contributed by atoms with Crippen LogP contribution < -0.4 is 0 Å². The Morgan fingerprint density at radius 2 is 1.77 bits per heavy atom. The maximum Gasteiger partial charge on any atom is 0.0556 e. The first-order valence-corrected chi connectivity index (χ1v) is 10.4. The lowest BCUT2D eigenvalue weighted by atomic mass is 9.66. The van der Waals surface area contributed by atoms with Crippen LogP contribution in [0.4, 0.5) is 0 Å². The predicted molar refractivity (Wildman–Crippen MR) is 109 cm³/mol. The van der Waals surface area contributed by atoms with Crippen LogP contribution in [-0.4, -0.2) is 5.71 Å². The Hall–Kier alpha value is -1.89. The molecule has 4 aliphatic rings. The van der Waals surface area contributed by atoms with E-state index in [9.17, 15) is 0 Å². The second-order valence-corrected chi connectivity index (χ2v) is 8.96. The second-order valence-electron chi connectivity index (χ2n) is 8.96. The molecule has 26 heavy (non-hydrogen) atoms. The molecule has 0 N–H and O–H groups in total. The number of fused-ring (bicyclic) bond motifs is 4. The molecule has 4 atom stereocenters. The lowest BCUT2D eigenvalue weighted by molar-refractivity contribution is 0.229. The molecule has 1 saturated carbocycles. The fourth-order valence-electron chi connectivity index (χ4n) is 5.90. The molecule has 1 aromatic carbocycles. The average molecular weight is 344 g/mol. The van der Waals surface area contributed by atoms with E-state index in [1.54, 1.807) is 5.57 Å². The Kier molecular flexibility index (Phi) is 3.99. The van der Waals surface area contributed by atoms with Gasteiger partial charge in [-0.3, -0.25) is 4.99 Å². The van der Waals surface area contributed by atoms with Gasteiger partial charge in [-0.05, 0) is 68.6 Å². The third kappa shape index (κ3) is 2.82. The van der Waals surface area contributed by atoms with Crippen molar-refractivity contribution in [2.75, 3.05) is 0 Å². The lowest BCUT2D eigenvalue weighted by Gasteiger charge is -2.39. The highest BCUT2D eigenvalue weighted by molar-refractivity contribution is 6.05. The van der Waals surface area contributed by atoms with Crippen LogP contribution in [0, 0.1) is 30.6 Å². The molecule has 1 nitrogen and oxygen atoms in total. The van der Waals surface area contributed by atoms with Gasteiger partial charge in [0.1, 0.15) is 0 Å². The molecule has 0 saturated heterocycles. The summed E-state index contributed by atoms with van der Waals surface area (Å²) in [7, 11) is 0. The van der Waals surface area contributed by atoms with Gasteiger partial charge in [-0.1, -0.05) is 59.9 Å². The summed E-state index contributed by atoms with van der Waals surface area (Å²) < 4.78 is 0. The summed E-state index contributed by atoms with van der Waals surface area (Å²) >= 11 is 0. The quantitative estimate of drug-likeness (QED) is 0.533. The molecule has 1 aromatic rings. The molecule has 3 aliphatic carbocycles. The van der Waals surface area contributed by atoms with Crippen LogP contribution in [0.2, 0.25) is 0 Å². The van der Waals surface area contributed by atoms with Crippen LogP contribution in [0.5, 0.6) is 0 Å². The monoisotopic (exact) mass is 343 g/mol. The molecule has 0 spiro atoms. The zero-order valence-corrected chi connectivity index (χ0v) is 16.0. The first-order valence-electron chi connectivity index (χ1n) is 10.4. The summed E-state index contributed by atoms with van der Waals surface area (Å²) in [6.45, 7) is 4.51. The van der Waals surface area contributed by atoms with Crippen molar-refractivity contribution in [3.63, 3.8) is 0 Å². The van der Waals surface area contributed by atoms with Gasteiger partial charge in [-0.25, -0.2) is 0 Å². The number of benzene rings is 1. The second kappa shape index (κ2) is 6.37. The molecular weight excluding hydrogens is 314 g/mol. The highest BCUT2D eigenvalue weighted by Gasteiger charge is 2.36. The maximum absolute atomic E-state index is 4.92. The van der Waals surface area contributed by atoms with Crippen LogP contribution in [0.15, 0.2) is 58.8 Å². The minimum absolute atomic E-state index is 0.444. The van der Waals surface area contributed by atoms with Crippen LogP contribution in [0.3, 0.4) is 0 Å². The molecule has 1 aliphatic heterocycles. The molecule has 0 radical (unpaired) electrons. The predicted octanol–water partition coefficient (Wildman–Crippen LogP) is 6.18. The summed E-state index contributed by atoms with van der Waals surface area (Å²) in [5, 5.41) is 0. The van der Waals surface area contributed by atoms with Crippen molar-refractivity contribution in [3.05, 3.63) is 70.5 Å². The van der Waals surface area contributed by atoms with Gasteiger partial charge in [0, 0.05) is 18.0 Å². The number of aryl methyl sites for hydroxylation is 1. The van der Waals surface area contributed by atoms with Crippen molar-refractivity contribution in [2.45, 2.75) is 52.4 Å². The first kappa shape index (κ1) is 16.3. The fraction of sp³-hybridized carbons (Fsp3) is 0.480. The summed E-state index contributed by atoms with van der Waals surface area (Å²) in [6.07, 6.45) is 17.4. The molecule has 1 heterocycles. The van der Waals surface area contributed by atoms with Crippen LogP contribution >= 0.6 is 0 Å². The molecule has 1 heteroatoms. The average Bonchev–Trinajstić information content (AvgIpc) is 2.61. The van der Waals surface area contributed by atoms with Gasteiger partial charge in [0.2, 0.25) is 0 Å². The van der Waals surface area contributed by atoms with E-state index in [1.165, 1.54) is 66.5 Å². The number of hydrogen-bond donors (Lipinski definition) is 0. The lowest BCUT2D eigenvalue weighted by Crippen LogP contribution is -2.32. The molecule has 0 amide bonds. The standard InChI is InChI=1S/C25H29N/c1-16-9-18-13-19-5-3-4-6-20(19)15-22-11-17(2)10-21-7-8-26-25(24(21)22)23(12-16)14-18/h7-12,14,19-21,24H,3-6,13,15H2,1-2H3. The van der Waals surface area contributed by atoms with Crippen LogP contribution in [0.1, 0.15) is 55.7 Å². The van der Waals surface area contributed by atoms with E-state index in [0.717, 1.165) is 11.8 Å². The number of nitrogens with zero attached hydrogens (tertiary/aromatic N) is 1. The molecule has 5 rings (SSSR count). The van der Waals surface area contributed by atoms with Crippen molar-refractivity contribution in [2.24, 2.45) is 28.7 Å². The molecule has 4 unspecified atom stereocenters. The van der Waals surface area contributed by atoms with Gasteiger partial charge in [-0.15, -0.1) is 0 Å². The molecular formula is C25H29N. The Morgan fingerprint density at radius 3 is 2.62 bits per heavy atom. The summed E-state index contributed by atoms with van der Waals surface area (Å²) in [5.41, 5.74) is 8.63. The van der Waals surface area contributed by atoms with Gasteiger partial charge in [-0.2, -0.15) is 0 Å². The van der Waals surface area contributed by atoms with E-state index in [2.05, 4.69) is 50.3 Å². The van der Waals surface area contributed by atoms with Gasteiger partial charge in [0.05, 0.1) is 5.71 Å². The van der Waals surface area contributed by atoms with E-state index in [0.29, 0.717) is 11.8 Å². The van der Waals surface area contributed by atoms with E-state index in [4.69, 9.17) is 4.99 Å². The minimum Gasteiger partial charge on any atom is -0.260 e. The third-order valence-electron chi connectivity index (χ3n) is 6.96. The van der Waals surface area contributed by atoms with Crippen molar-refractivity contribution in [3.8, 4) is 0 Å². The summed E-state index contributed by atoms with van der Waals surface area (Å²) in [5.74, 6) is 2.62. The summed E-state index contributed by atoms with van der Waals surface area (Å²) in [6, 6.07) is 7.21. The third-order valence-corrected chi connectivity index (χ3v) is 6.96. The van der Waals surface area contributed by atoms with E-state index in [1.807, 2.05) is 6.20 Å². The highest BCUT2D eigenvalue weighted by atomic mass is 14.7. The smallest absolute Gasteiger partial charge is 0.0556 e.